The molecule has 3 rings (SSSR count). The molecule has 0 amide bonds. The van der Waals surface area contributed by atoms with Gasteiger partial charge in [0.2, 0.25) is 5.95 Å². The zero-order chi connectivity index (χ0) is 14.5. The molecule has 1 aliphatic rings. The molecule has 108 valence electrons. The molecule has 6 N–H and O–H groups in total. The highest BCUT2D eigenvalue weighted by Crippen LogP contribution is 2.33. The van der Waals surface area contributed by atoms with Gasteiger partial charge in [0.1, 0.15) is 12.3 Å². The van der Waals surface area contributed by atoms with E-state index in [9.17, 15) is 4.79 Å². The van der Waals surface area contributed by atoms with Crippen molar-refractivity contribution in [3.8, 4) is 0 Å². The van der Waals surface area contributed by atoms with Crippen LogP contribution in [0.3, 0.4) is 0 Å². The summed E-state index contributed by atoms with van der Waals surface area (Å²) in [5.41, 5.74) is 5.35. The average molecular weight is 283 g/mol. The van der Waals surface area contributed by atoms with E-state index in [0.29, 0.717) is 6.42 Å². The first-order valence-corrected chi connectivity index (χ1v) is 5.91. The smallest absolute Gasteiger partial charge is 0.303 e. The second kappa shape index (κ2) is 4.24. The summed E-state index contributed by atoms with van der Waals surface area (Å²) in [6.07, 6.45) is 0.210. The number of imidazole rings is 1. The molecule has 10 heteroatoms. The van der Waals surface area contributed by atoms with Crippen LogP contribution < -0.4 is 11.3 Å². The van der Waals surface area contributed by atoms with E-state index >= 15 is 0 Å². The fourth-order valence-electron chi connectivity index (χ4n) is 2.26. The molecule has 20 heavy (non-hydrogen) atoms. The molecule has 0 radical (unpaired) electrons. The lowest BCUT2D eigenvalue weighted by molar-refractivity contribution is -0.360. The Bertz CT molecular complexity index is 702. The van der Waals surface area contributed by atoms with E-state index in [1.807, 2.05) is 0 Å². The summed E-state index contributed by atoms with van der Waals surface area (Å²) in [4.78, 5) is 21.9. The number of aromatic nitrogens is 4. The van der Waals surface area contributed by atoms with Gasteiger partial charge in [0.05, 0.1) is 6.33 Å². The van der Waals surface area contributed by atoms with Crippen LogP contribution in [-0.4, -0.2) is 46.9 Å². The van der Waals surface area contributed by atoms with Crippen LogP contribution in [0.25, 0.3) is 11.2 Å². The third kappa shape index (κ3) is 2.04. The van der Waals surface area contributed by atoms with Crippen LogP contribution in [-0.2, 0) is 4.74 Å². The van der Waals surface area contributed by atoms with Crippen molar-refractivity contribution in [2.45, 2.75) is 31.1 Å². The minimum atomic E-state index is -2.91. The first-order chi connectivity index (χ1) is 9.36. The molecular formula is C10H13N5O5. The SMILES string of the molecule is Nc1nc2c(ncn2C2CCC(C(O)(O)O)O2)c(=O)[nH]1. The molecule has 0 aliphatic carbocycles. The Balaban J connectivity index is 1.98. The number of nitrogens with two attached hydrogens (primary N) is 1. The normalized spacial score (nSPS) is 23.6. The topological polar surface area (TPSA) is 160 Å². The second-order valence-corrected chi connectivity index (χ2v) is 4.62. The Labute approximate surface area is 111 Å². The number of ether oxygens (including phenoxy) is 1. The van der Waals surface area contributed by atoms with Crippen molar-refractivity contribution >= 4 is 17.1 Å². The molecule has 1 fully saturated rings. The van der Waals surface area contributed by atoms with Crippen LogP contribution in [0.15, 0.2) is 11.1 Å². The summed E-state index contributed by atoms with van der Waals surface area (Å²) in [7, 11) is 0. The summed E-state index contributed by atoms with van der Waals surface area (Å²) >= 11 is 0. The predicted molar refractivity (Wildman–Crippen MR) is 65.1 cm³/mol. The zero-order valence-electron chi connectivity index (χ0n) is 10.2. The molecule has 2 unspecified atom stereocenters. The van der Waals surface area contributed by atoms with Gasteiger partial charge in [-0.15, -0.1) is 0 Å². The third-order valence-electron chi connectivity index (χ3n) is 3.19. The standard InChI is InChI=1S/C10H13N5O5/c11-9-13-7-6(8(16)14-9)12-3-15(7)5-2-1-4(20-5)10(17,18)19/h3-5,17-19H,1-2H2,(H3,11,13,14,16). The van der Waals surface area contributed by atoms with E-state index in [-0.39, 0.29) is 23.5 Å². The monoisotopic (exact) mass is 283 g/mol. The third-order valence-corrected chi connectivity index (χ3v) is 3.19. The molecule has 2 aromatic heterocycles. The summed E-state index contributed by atoms with van der Waals surface area (Å²) < 4.78 is 6.80. The average Bonchev–Trinajstić information content (AvgIpc) is 2.92. The van der Waals surface area contributed by atoms with E-state index < -0.39 is 23.9 Å². The molecule has 1 saturated heterocycles. The molecule has 1 aliphatic heterocycles. The number of hydrogen-bond acceptors (Lipinski definition) is 8. The van der Waals surface area contributed by atoms with E-state index in [4.69, 9.17) is 25.8 Å². The number of nitrogens with zero attached hydrogens (tertiary/aromatic N) is 3. The lowest BCUT2D eigenvalue weighted by Crippen LogP contribution is -2.41. The predicted octanol–water partition coefficient (Wildman–Crippen LogP) is -1.99. The van der Waals surface area contributed by atoms with Gasteiger partial charge in [0.25, 0.3) is 5.56 Å². The van der Waals surface area contributed by atoms with Crippen molar-refractivity contribution < 1.29 is 20.1 Å². The van der Waals surface area contributed by atoms with Crippen molar-refractivity contribution in [2.75, 3.05) is 5.73 Å². The fourth-order valence-corrected chi connectivity index (χ4v) is 2.26. The van der Waals surface area contributed by atoms with Gasteiger partial charge in [-0.2, -0.15) is 4.98 Å². The Kier molecular flexibility index (Phi) is 2.76. The van der Waals surface area contributed by atoms with Crippen LogP contribution in [0.5, 0.6) is 0 Å². The lowest BCUT2D eigenvalue weighted by Gasteiger charge is -2.22. The maximum absolute atomic E-state index is 11.6. The quantitative estimate of drug-likeness (QED) is 0.396. The highest BCUT2D eigenvalue weighted by atomic mass is 16.7. The first-order valence-electron chi connectivity index (χ1n) is 5.91. The van der Waals surface area contributed by atoms with E-state index in [1.54, 1.807) is 0 Å². The Morgan fingerprint density at radius 1 is 1.45 bits per heavy atom. The second-order valence-electron chi connectivity index (χ2n) is 4.62. The van der Waals surface area contributed by atoms with Crippen molar-refractivity contribution in [2.24, 2.45) is 0 Å². The number of aliphatic hydroxyl groups is 3. The van der Waals surface area contributed by atoms with Gasteiger partial charge < -0.3 is 25.8 Å². The summed E-state index contributed by atoms with van der Waals surface area (Å²) in [6, 6.07) is 0. The Hall–Kier alpha value is -2.01. The Morgan fingerprint density at radius 3 is 2.85 bits per heavy atom. The highest BCUT2D eigenvalue weighted by molar-refractivity contribution is 5.70. The van der Waals surface area contributed by atoms with Gasteiger partial charge in [-0.3, -0.25) is 14.3 Å². The Morgan fingerprint density at radius 2 is 2.20 bits per heavy atom. The number of nitrogens with one attached hydrogen (secondary N) is 1. The maximum Gasteiger partial charge on any atom is 0.303 e. The number of H-pyrrole nitrogens is 1. The van der Waals surface area contributed by atoms with Gasteiger partial charge >= 0.3 is 5.97 Å². The summed E-state index contributed by atoms with van der Waals surface area (Å²) in [6.45, 7) is 0. The maximum atomic E-state index is 11.6. The molecule has 0 spiro atoms. The molecule has 0 bridgehead atoms. The van der Waals surface area contributed by atoms with E-state index in [2.05, 4.69) is 15.0 Å². The first kappa shape index (κ1) is 13.0. The minimum absolute atomic E-state index is 0.0559. The van der Waals surface area contributed by atoms with E-state index in [0.717, 1.165) is 0 Å². The zero-order valence-corrected chi connectivity index (χ0v) is 10.2. The van der Waals surface area contributed by atoms with Crippen molar-refractivity contribution in [1.29, 1.82) is 0 Å². The van der Waals surface area contributed by atoms with Crippen LogP contribution in [0, 0.1) is 0 Å². The minimum Gasteiger partial charge on any atom is -0.369 e. The molecule has 0 saturated carbocycles. The van der Waals surface area contributed by atoms with Crippen molar-refractivity contribution in [1.82, 2.24) is 19.5 Å². The number of rotatable bonds is 2. The number of anilines is 1. The van der Waals surface area contributed by atoms with Crippen LogP contribution in [0.2, 0.25) is 0 Å². The molecule has 2 atom stereocenters. The number of fused-ring (bicyclic) bond motifs is 1. The summed E-state index contributed by atoms with van der Waals surface area (Å²) in [5.74, 6) is -2.96. The fraction of sp³-hybridized carbons (Fsp3) is 0.500. The lowest BCUT2D eigenvalue weighted by atomic mass is 10.2. The van der Waals surface area contributed by atoms with Gasteiger partial charge in [-0.25, -0.2) is 4.98 Å². The molecular weight excluding hydrogens is 270 g/mol. The molecule has 3 heterocycles. The van der Waals surface area contributed by atoms with Crippen molar-refractivity contribution in [3.05, 3.63) is 16.7 Å². The van der Waals surface area contributed by atoms with Gasteiger partial charge in [0.15, 0.2) is 11.2 Å². The number of nitrogen functional groups attached to an aromatic ring is 1. The highest BCUT2D eigenvalue weighted by Gasteiger charge is 2.41. The van der Waals surface area contributed by atoms with Gasteiger partial charge in [-0.05, 0) is 12.8 Å². The van der Waals surface area contributed by atoms with Gasteiger partial charge in [-0.1, -0.05) is 0 Å². The van der Waals surface area contributed by atoms with Crippen LogP contribution in [0.4, 0.5) is 5.95 Å². The van der Waals surface area contributed by atoms with E-state index in [1.165, 1.54) is 10.9 Å². The molecule has 10 nitrogen and oxygen atoms in total. The van der Waals surface area contributed by atoms with Crippen LogP contribution >= 0.6 is 0 Å². The van der Waals surface area contributed by atoms with Crippen LogP contribution in [0.1, 0.15) is 19.1 Å². The largest absolute Gasteiger partial charge is 0.369 e. The molecule has 2 aromatic rings. The summed E-state index contributed by atoms with van der Waals surface area (Å²) in [5, 5.41) is 27.3. The van der Waals surface area contributed by atoms with Gasteiger partial charge in [0, 0.05) is 0 Å². The molecule has 0 aromatic carbocycles. The van der Waals surface area contributed by atoms with Crippen molar-refractivity contribution in [3.63, 3.8) is 0 Å². The number of aromatic amines is 1. The number of hydrogen-bond donors (Lipinski definition) is 5.